The van der Waals surface area contributed by atoms with Crippen molar-refractivity contribution in [2.24, 2.45) is 0 Å². The number of benzene rings is 2. The van der Waals surface area contributed by atoms with Crippen molar-refractivity contribution in [3.63, 3.8) is 0 Å². The molecule has 1 spiro atoms. The van der Waals surface area contributed by atoms with Crippen molar-refractivity contribution < 1.29 is 19.5 Å². The van der Waals surface area contributed by atoms with Gasteiger partial charge in [0, 0.05) is 42.5 Å². The van der Waals surface area contributed by atoms with Crippen molar-refractivity contribution in [3.8, 4) is 6.07 Å². The van der Waals surface area contributed by atoms with Crippen molar-refractivity contribution in [1.29, 1.82) is 5.26 Å². The molecule has 34 heavy (non-hydrogen) atoms. The van der Waals surface area contributed by atoms with Crippen molar-refractivity contribution in [3.05, 3.63) is 63.6 Å². The number of aliphatic carboxylic acids is 1. The van der Waals surface area contributed by atoms with Gasteiger partial charge in [0.2, 0.25) is 0 Å². The van der Waals surface area contributed by atoms with E-state index in [1.807, 2.05) is 4.90 Å². The number of halogens is 2. The number of likely N-dealkylation sites (tertiary alicyclic amines) is 1. The number of hydrogen-bond acceptors (Lipinski definition) is 5. The minimum atomic E-state index is -1.21. The monoisotopic (exact) mass is 500 g/mol. The highest BCUT2D eigenvalue weighted by atomic mass is 35.5. The van der Waals surface area contributed by atoms with Crippen LogP contribution in [0.3, 0.4) is 0 Å². The summed E-state index contributed by atoms with van der Waals surface area (Å²) in [5.74, 6) is -1.66. The Morgan fingerprint density at radius 1 is 1.18 bits per heavy atom. The van der Waals surface area contributed by atoms with Gasteiger partial charge < -0.3 is 10.0 Å². The van der Waals surface area contributed by atoms with Gasteiger partial charge in [0.25, 0.3) is 5.91 Å². The van der Waals surface area contributed by atoms with E-state index in [0.29, 0.717) is 40.8 Å². The second-order valence-electron chi connectivity index (χ2n) is 8.55. The molecule has 2 heterocycles. The zero-order valence-corrected chi connectivity index (χ0v) is 19.9. The first kappa shape index (κ1) is 24.0. The Balaban J connectivity index is 1.75. The Kier molecular flexibility index (Phi) is 6.54. The van der Waals surface area contributed by atoms with Crippen molar-refractivity contribution in [2.45, 2.75) is 24.3 Å². The molecule has 2 aromatic carbocycles. The van der Waals surface area contributed by atoms with Crippen molar-refractivity contribution in [2.75, 3.05) is 31.6 Å². The molecule has 0 aliphatic carbocycles. The molecule has 1 N–H and O–H groups in total. The number of rotatable bonds is 6. The number of carboxylic acids is 1. The number of nitrogens with zero attached hydrogens (tertiary/aromatic N) is 4. The molecule has 8 nitrogen and oxygen atoms in total. The first-order valence-corrected chi connectivity index (χ1v) is 11.5. The number of carboxylic acid groups (broad SMARTS) is 1. The lowest BCUT2D eigenvalue weighted by Gasteiger charge is -2.34. The molecule has 0 radical (unpaired) electrons. The predicted molar refractivity (Wildman–Crippen MR) is 127 cm³/mol. The molecule has 3 amide bonds. The number of nitriles is 1. The third kappa shape index (κ3) is 4.11. The van der Waals surface area contributed by atoms with Gasteiger partial charge in [-0.2, -0.15) is 5.26 Å². The van der Waals surface area contributed by atoms with Gasteiger partial charge >= 0.3 is 12.0 Å². The summed E-state index contributed by atoms with van der Waals surface area (Å²) in [6, 6.07) is 13.1. The van der Waals surface area contributed by atoms with Gasteiger partial charge in [-0.05, 0) is 48.9 Å². The minimum absolute atomic E-state index is 0.0148. The van der Waals surface area contributed by atoms with Crippen LogP contribution >= 0.6 is 23.2 Å². The third-order valence-electron chi connectivity index (χ3n) is 6.54. The molecule has 2 aliphatic heterocycles. The molecule has 2 aromatic rings. The van der Waals surface area contributed by atoms with Crippen LogP contribution in [0, 0.1) is 11.3 Å². The fourth-order valence-corrected chi connectivity index (χ4v) is 5.43. The van der Waals surface area contributed by atoms with Gasteiger partial charge in [-0.25, -0.2) is 9.69 Å². The number of likely N-dealkylation sites (N-methyl/N-ethyl adjacent to an activating group) is 1. The van der Waals surface area contributed by atoms with Crippen LogP contribution in [0.1, 0.15) is 29.9 Å². The van der Waals surface area contributed by atoms with E-state index in [0.717, 1.165) is 10.5 Å². The van der Waals surface area contributed by atoms with E-state index in [-0.39, 0.29) is 18.9 Å². The highest BCUT2D eigenvalue weighted by Crippen LogP contribution is 2.46. The van der Waals surface area contributed by atoms with Crippen LogP contribution in [-0.2, 0) is 9.59 Å². The number of carbonyl (C=O) groups excluding carboxylic acids is 2. The SMILES string of the molecule is CN1C(=O)N(c2cc(Cl)cc(Cl)c2)C(=O)[C@]12CN(CCCC(=O)O)C[C@H]2c1ccc(C#N)cc1. The number of imide groups is 1. The van der Waals surface area contributed by atoms with E-state index < -0.39 is 23.4 Å². The Labute approximate surface area is 206 Å². The lowest BCUT2D eigenvalue weighted by atomic mass is 9.80. The molecule has 2 aliphatic rings. The smallest absolute Gasteiger partial charge is 0.332 e. The molecule has 2 saturated heterocycles. The molecule has 0 saturated carbocycles. The normalized spacial score (nSPS) is 22.6. The molecular weight excluding hydrogens is 479 g/mol. The summed E-state index contributed by atoms with van der Waals surface area (Å²) in [4.78, 5) is 43.0. The summed E-state index contributed by atoms with van der Waals surface area (Å²) in [5, 5.41) is 18.8. The summed E-state index contributed by atoms with van der Waals surface area (Å²) in [6.45, 7) is 1.18. The van der Waals surface area contributed by atoms with Crippen LogP contribution in [0.25, 0.3) is 0 Å². The van der Waals surface area contributed by atoms with E-state index >= 15 is 0 Å². The molecule has 0 aromatic heterocycles. The summed E-state index contributed by atoms with van der Waals surface area (Å²) in [6.07, 6.45) is 0.436. The van der Waals surface area contributed by atoms with Crippen LogP contribution in [-0.4, -0.2) is 65.0 Å². The minimum Gasteiger partial charge on any atom is -0.481 e. The van der Waals surface area contributed by atoms with E-state index in [1.165, 1.54) is 23.1 Å². The Bertz CT molecular complexity index is 1180. The fraction of sp³-hybridized carbons (Fsp3) is 0.333. The Hall–Kier alpha value is -3.12. The van der Waals surface area contributed by atoms with Crippen LogP contribution in [0.2, 0.25) is 10.0 Å². The second-order valence-corrected chi connectivity index (χ2v) is 9.43. The van der Waals surface area contributed by atoms with E-state index in [1.54, 1.807) is 31.3 Å². The molecule has 0 unspecified atom stereocenters. The zero-order chi connectivity index (χ0) is 24.6. The Morgan fingerprint density at radius 3 is 2.41 bits per heavy atom. The molecule has 10 heteroatoms. The fourth-order valence-electron chi connectivity index (χ4n) is 4.92. The highest BCUT2D eigenvalue weighted by Gasteiger charge is 2.64. The van der Waals surface area contributed by atoms with E-state index in [9.17, 15) is 14.4 Å². The number of carbonyl (C=O) groups is 3. The summed E-state index contributed by atoms with van der Waals surface area (Å²) >= 11 is 12.3. The summed E-state index contributed by atoms with van der Waals surface area (Å²) in [5.41, 5.74) is 0.396. The Morgan fingerprint density at radius 2 is 1.82 bits per heavy atom. The molecule has 2 fully saturated rings. The van der Waals surface area contributed by atoms with Gasteiger partial charge in [-0.3, -0.25) is 14.5 Å². The van der Waals surface area contributed by atoms with Gasteiger partial charge in [-0.15, -0.1) is 0 Å². The molecule has 176 valence electrons. The molecule has 2 atom stereocenters. The van der Waals surface area contributed by atoms with Crippen LogP contribution in [0.5, 0.6) is 0 Å². The maximum atomic E-state index is 14.0. The van der Waals surface area contributed by atoms with Gasteiger partial charge in [-0.1, -0.05) is 35.3 Å². The largest absolute Gasteiger partial charge is 0.481 e. The summed E-state index contributed by atoms with van der Waals surface area (Å²) in [7, 11) is 1.60. The molecule has 0 bridgehead atoms. The topological polar surface area (TPSA) is 105 Å². The number of anilines is 1. The van der Waals surface area contributed by atoms with Gasteiger partial charge in [0.05, 0.1) is 17.3 Å². The average Bonchev–Trinajstić information content (AvgIpc) is 3.25. The lowest BCUT2D eigenvalue weighted by molar-refractivity contribution is -0.137. The van der Waals surface area contributed by atoms with Crippen LogP contribution in [0.15, 0.2) is 42.5 Å². The first-order chi connectivity index (χ1) is 16.2. The van der Waals surface area contributed by atoms with Gasteiger partial charge in [0.15, 0.2) is 0 Å². The standard InChI is InChI=1S/C24H22Cl2N4O4/c1-28-23(34)30(19-10-17(25)9-18(26)11-19)22(33)24(28)14-29(8-2-3-21(31)32)13-20(24)16-6-4-15(12-27)5-7-16/h4-7,9-11,20H,2-3,8,13-14H2,1H3,(H,31,32)/t20-,24+/m0/s1. The van der Waals surface area contributed by atoms with E-state index in [4.69, 9.17) is 33.6 Å². The van der Waals surface area contributed by atoms with Crippen molar-refractivity contribution >= 4 is 46.8 Å². The van der Waals surface area contributed by atoms with E-state index in [2.05, 4.69) is 6.07 Å². The predicted octanol–water partition coefficient (Wildman–Crippen LogP) is 3.97. The third-order valence-corrected chi connectivity index (χ3v) is 6.98. The number of amides is 3. The second kappa shape index (κ2) is 9.26. The molecule has 4 rings (SSSR count). The molecular formula is C24H22Cl2N4O4. The maximum Gasteiger partial charge on any atom is 0.332 e. The first-order valence-electron chi connectivity index (χ1n) is 10.7. The highest BCUT2D eigenvalue weighted by molar-refractivity contribution is 6.35. The van der Waals surface area contributed by atoms with Crippen LogP contribution < -0.4 is 4.90 Å². The number of hydrogen-bond donors (Lipinski definition) is 1. The van der Waals surface area contributed by atoms with Gasteiger partial charge in [0.1, 0.15) is 5.54 Å². The van der Waals surface area contributed by atoms with Crippen molar-refractivity contribution in [1.82, 2.24) is 9.80 Å². The summed E-state index contributed by atoms with van der Waals surface area (Å²) < 4.78 is 0. The number of urea groups is 1. The maximum absolute atomic E-state index is 14.0. The average molecular weight is 501 g/mol. The quantitative estimate of drug-likeness (QED) is 0.601. The lowest BCUT2D eigenvalue weighted by Crippen LogP contribution is -2.53. The zero-order valence-electron chi connectivity index (χ0n) is 18.4. The van der Waals surface area contributed by atoms with Crippen LogP contribution in [0.4, 0.5) is 10.5 Å².